The van der Waals surface area contributed by atoms with E-state index in [0.29, 0.717) is 12.0 Å². The largest absolute Gasteiger partial charge is 0.379 e. The van der Waals surface area contributed by atoms with E-state index in [2.05, 4.69) is 29.3 Å². The summed E-state index contributed by atoms with van der Waals surface area (Å²) in [5.74, 6) is 0.612. The number of ether oxygens (including phenoxy) is 1. The normalized spacial score (nSPS) is 28.9. The van der Waals surface area contributed by atoms with Crippen LogP contribution in [0.1, 0.15) is 66.4 Å². The lowest BCUT2D eigenvalue weighted by Gasteiger charge is -2.51. The summed E-state index contributed by atoms with van der Waals surface area (Å²) < 4.78 is 5.50. The minimum Gasteiger partial charge on any atom is -0.379 e. The van der Waals surface area contributed by atoms with Crippen LogP contribution in [0.3, 0.4) is 0 Å². The molecule has 2 saturated carbocycles. The van der Waals surface area contributed by atoms with Crippen molar-refractivity contribution in [3.05, 3.63) is 34.9 Å². The number of carbonyl (C=O) groups excluding carboxylic acids is 1. The van der Waals surface area contributed by atoms with Gasteiger partial charge in [0.25, 0.3) is 5.91 Å². The summed E-state index contributed by atoms with van der Waals surface area (Å²) in [6, 6.07) is 6.70. The summed E-state index contributed by atoms with van der Waals surface area (Å²) in [6.45, 7) is 6.39. The van der Waals surface area contributed by atoms with Crippen LogP contribution in [0.4, 0.5) is 0 Å². The highest BCUT2D eigenvalue weighted by Crippen LogP contribution is 2.44. The average Bonchev–Trinajstić information content (AvgIpc) is 2.64. The third-order valence-electron chi connectivity index (χ3n) is 7.25. The maximum absolute atomic E-state index is 12.9. The van der Waals surface area contributed by atoms with Crippen molar-refractivity contribution in [2.45, 2.75) is 56.5 Å². The SMILES string of the molecule is CC1=NC2CCC2c2ccc(C(=O)NCC3(N4CCOCC4)CCC3)cc21. The summed E-state index contributed by atoms with van der Waals surface area (Å²) in [6.07, 6.45) is 6.03. The molecule has 144 valence electrons. The van der Waals surface area contributed by atoms with Gasteiger partial charge in [-0.3, -0.25) is 14.7 Å². The van der Waals surface area contributed by atoms with E-state index in [9.17, 15) is 4.79 Å². The van der Waals surface area contributed by atoms with Crippen LogP contribution in [0.25, 0.3) is 0 Å². The first-order valence-electron chi connectivity index (χ1n) is 10.5. The topological polar surface area (TPSA) is 53.9 Å². The highest BCUT2D eigenvalue weighted by atomic mass is 16.5. The molecule has 5 heteroatoms. The van der Waals surface area contributed by atoms with Gasteiger partial charge < -0.3 is 10.1 Å². The molecule has 3 fully saturated rings. The number of aliphatic imine (C=N–C) groups is 1. The molecule has 5 nitrogen and oxygen atoms in total. The Morgan fingerprint density at radius 1 is 1.30 bits per heavy atom. The molecule has 2 atom stereocenters. The van der Waals surface area contributed by atoms with Gasteiger partial charge in [0.15, 0.2) is 0 Å². The van der Waals surface area contributed by atoms with E-state index in [-0.39, 0.29) is 11.4 Å². The first-order chi connectivity index (χ1) is 13.2. The molecule has 1 N–H and O–H groups in total. The van der Waals surface area contributed by atoms with Crippen molar-refractivity contribution in [3.8, 4) is 0 Å². The van der Waals surface area contributed by atoms with Crippen molar-refractivity contribution in [2.75, 3.05) is 32.8 Å². The Morgan fingerprint density at radius 3 is 2.78 bits per heavy atom. The smallest absolute Gasteiger partial charge is 0.251 e. The van der Waals surface area contributed by atoms with Gasteiger partial charge in [-0.25, -0.2) is 0 Å². The molecule has 1 saturated heterocycles. The molecule has 1 amide bonds. The molecule has 2 aliphatic carbocycles. The van der Waals surface area contributed by atoms with Gasteiger partial charge in [0.05, 0.1) is 19.3 Å². The predicted octanol–water partition coefficient (Wildman–Crippen LogP) is 2.74. The molecule has 0 aromatic heterocycles. The Bertz CT molecular complexity index is 778. The lowest BCUT2D eigenvalue weighted by Crippen LogP contribution is -2.62. The van der Waals surface area contributed by atoms with Crippen LogP contribution < -0.4 is 5.32 Å². The van der Waals surface area contributed by atoms with E-state index in [1.54, 1.807) is 0 Å². The molecule has 2 unspecified atom stereocenters. The molecule has 2 heterocycles. The Kier molecular flexibility index (Phi) is 4.32. The monoisotopic (exact) mass is 367 g/mol. The number of benzene rings is 1. The van der Waals surface area contributed by atoms with E-state index in [4.69, 9.17) is 9.73 Å². The highest BCUT2D eigenvalue weighted by Gasteiger charge is 2.43. The van der Waals surface area contributed by atoms with Crippen LogP contribution in [0, 0.1) is 0 Å². The second-order valence-corrected chi connectivity index (χ2v) is 8.63. The van der Waals surface area contributed by atoms with E-state index < -0.39 is 0 Å². The average molecular weight is 367 g/mol. The maximum atomic E-state index is 12.9. The summed E-state index contributed by atoms with van der Waals surface area (Å²) in [5.41, 5.74) is 4.56. The van der Waals surface area contributed by atoms with Crippen LogP contribution in [0.2, 0.25) is 0 Å². The van der Waals surface area contributed by atoms with Gasteiger partial charge in [0.1, 0.15) is 0 Å². The van der Waals surface area contributed by atoms with E-state index >= 15 is 0 Å². The van der Waals surface area contributed by atoms with Crippen LogP contribution in [-0.2, 0) is 4.74 Å². The van der Waals surface area contributed by atoms with Crippen molar-refractivity contribution in [3.63, 3.8) is 0 Å². The molecule has 27 heavy (non-hydrogen) atoms. The maximum Gasteiger partial charge on any atom is 0.251 e. The lowest BCUT2D eigenvalue weighted by atomic mass is 9.71. The number of nitrogens with zero attached hydrogens (tertiary/aromatic N) is 2. The van der Waals surface area contributed by atoms with Gasteiger partial charge in [0.2, 0.25) is 0 Å². The van der Waals surface area contributed by atoms with Crippen LogP contribution in [0.15, 0.2) is 23.2 Å². The Morgan fingerprint density at radius 2 is 2.11 bits per heavy atom. The van der Waals surface area contributed by atoms with Crippen molar-refractivity contribution in [1.82, 2.24) is 10.2 Å². The predicted molar refractivity (Wildman–Crippen MR) is 106 cm³/mol. The van der Waals surface area contributed by atoms with Gasteiger partial charge >= 0.3 is 0 Å². The first kappa shape index (κ1) is 17.4. The van der Waals surface area contributed by atoms with Gasteiger partial charge in [-0.15, -0.1) is 0 Å². The summed E-state index contributed by atoms with van der Waals surface area (Å²) in [5, 5.41) is 3.23. The standard InChI is InChI=1S/C22H29N3O2/c1-15-19-13-16(3-4-17(19)18-5-6-20(18)24-15)21(26)23-14-22(7-2-8-22)25-9-11-27-12-10-25/h3-4,13,18,20H,2,5-12,14H2,1H3,(H,23,26). The Balaban J connectivity index is 1.29. The molecule has 1 aromatic carbocycles. The molecule has 4 aliphatic rings. The zero-order valence-electron chi connectivity index (χ0n) is 16.2. The summed E-state index contributed by atoms with van der Waals surface area (Å²) in [4.78, 5) is 20.2. The third kappa shape index (κ3) is 2.92. The molecule has 0 bridgehead atoms. The highest BCUT2D eigenvalue weighted by molar-refractivity contribution is 6.04. The van der Waals surface area contributed by atoms with Gasteiger partial charge in [-0.05, 0) is 62.3 Å². The number of morpholine rings is 1. The molecular weight excluding hydrogens is 338 g/mol. The van der Waals surface area contributed by atoms with Crippen LogP contribution in [0.5, 0.6) is 0 Å². The number of rotatable bonds is 4. The van der Waals surface area contributed by atoms with Crippen LogP contribution in [-0.4, -0.2) is 60.9 Å². The van der Waals surface area contributed by atoms with Crippen LogP contribution >= 0.6 is 0 Å². The molecular formula is C22H29N3O2. The van der Waals surface area contributed by atoms with Gasteiger partial charge in [-0.1, -0.05) is 6.07 Å². The number of amides is 1. The number of hydrogen-bond donors (Lipinski definition) is 1. The molecule has 1 aromatic rings. The summed E-state index contributed by atoms with van der Waals surface area (Å²) in [7, 11) is 0. The van der Waals surface area contributed by atoms with E-state index in [1.165, 1.54) is 43.2 Å². The number of fused-ring (bicyclic) bond motifs is 3. The lowest BCUT2D eigenvalue weighted by molar-refractivity contribution is -0.0540. The number of carbonyl (C=O) groups is 1. The number of nitrogens with one attached hydrogen (secondary N) is 1. The zero-order valence-corrected chi connectivity index (χ0v) is 16.2. The Hall–Kier alpha value is -1.72. The fourth-order valence-corrected chi connectivity index (χ4v) is 5.23. The molecule has 2 aliphatic heterocycles. The van der Waals surface area contributed by atoms with Crippen molar-refractivity contribution >= 4 is 11.6 Å². The second kappa shape index (κ2) is 6.71. The van der Waals surface area contributed by atoms with Crippen molar-refractivity contribution in [1.29, 1.82) is 0 Å². The Labute approximate surface area is 161 Å². The first-order valence-corrected chi connectivity index (χ1v) is 10.5. The van der Waals surface area contributed by atoms with E-state index in [0.717, 1.165) is 44.1 Å². The minimum absolute atomic E-state index is 0.0425. The quantitative estimate of drug-likeness (QED) is 0.890. The molecule has 0 radical (unpaired) electrons. The summed E-state index contributed by atoms with van der Waals surface area (Å²) >= 11 is 0. The number of hydrogen-bond acceptors (Lipinski definition) is 4. The van der Waals surface area contributed by atoms with Gasteiger partial charge in [0, 0.05) is 42.4 Å². The zero-order chi connectivity index (χ0) is 18.4. The molecule has 0 spiro atoms. The fraction of sp³-hybridized carbons (Fsp3) is 0.636. The second-order valence-electron chi connectivity index (χ2n) is 8.63. The van der Waals surface area contributed by atoms with Crippen molar-refractivity contribution < 1.29 is 9.53 Å². The third-order valence-corrected chi connectivity index (χ3v) is 7.25. The van der Waals surface area contributed by atoms with Gasteiger partial charge in [-0.2, -0.15) is 0 Å². The molecule has 5 rings (SSSR count). The van der Waals surface area contributed by atoms with E-state index in [1.807, 2.05) is 6.07 Å². The fourth-order valence-electron chi connectivity index (χ4n) is 5.23. The minimum atomic E-state index is 0.0425. The van der Waals surface area contributed by atoms with Crippen molar-refractivity contribution in [2.24, 2.45) is 4.99 Å².